The number of nitrogens with one attached hydrogen (secondary N) is 1. The molecule has 0 radical (unpaired) electrons. The molecule has 0 aromatic carbocycles. The lowest BCUT2D eigenvalue weighted by Crippen LogP contribution is -2.15. The lowest BCUT2D eigenvalue weighted by atomic mass is 10.1. The molecule has 17 heavy (non-hydrogen) atoms. The zero-order valence-electron chi connectivity index (χ0n) is 9.67. The summed E-state index contributed by atoms with van der Waals surface area (Å²) in [7, 11) is 1.71. The molecule has 1 aromatic heterocycles. The summed E-state index contributed by atoms with van der Waals surface area (Å²) in [5, 5.41) is 23.2. The van der Waals surface area contributed by atoms with E-state index in [4.69, 9.17) is 0 Å². The molecule has 2 N–H and O–H groups in total. The first-order valence-corrected chi connectivity index (χ1v) is 5.65. The van der Waals surface area contributed by atoms with Crippen LogP contribution in [-0.2, 0) is 7.05 Å². The summed E-state index contributed by atoms with van der Waals surface area (Å²) in [5.41, 5.74) is 0. The van der Waals surface area contributed by atoms with Gasteiger partial charge in [0.25, 0.3) is 0 Å². The van der Waals surface area contributed by atoms with Gasteiger partial charge in [-0.3, -0.25) is 4.57 Å². The number of imidazole rings is 1. The first-order valence-electron chi connectivity index (χ1n) is 5.65. The van der Waals surface area contributed by atoms with Crippen molar-refractivity contribution in [1.29, 1.82) is 0 Å². The molecule has 0 spiro atoms. The molecule has 94 valence electrons. The molecular formula is C10H16N4O3. The van der Waals surface area contributed by atoms with E-state index in [0.717, 1.165) is 19.3 Å². The third kappa shape index (κ3) is 2.55. The number of anilines is 1. The highest BCUT2D eigenvalue weighted by atomic mass is 16.6. The van der Waals surface area contributed by atoms with Crippen molar-refractivity contribution >= 4 is 11.6 Å². The third-order valence-electron chi connectivity index (χ3n) is 3.16. The van der Waals surface area contributed by atoms with E-state index >= 15 is 0 Å². The SMILES string of the molecule is Cn1cnc([N+](=O)[O-])c1NCC1CCC(O)C1. The Bertz CT molecular complexity index is 418. The van der Waals surface area contributed by atoms with Gasteiger partial charge in [-0.15, -0.1) is 0 Å². The molecule has 1 heterocycles. The van der Waals surface area contributed by atoms with Crippen molar-refractivity contribution in [2.24, 2.45) is 13.0 Å². The number of aromatic nitrogens is 2. The van der Waals surface area contributed by atoms with E-state index < -0.39 is 4.92 Å². The summed E-state index contributed by atoms with van der Waals surface area (Å²) in [4.78, 5) is 14.0. The molecule has 1 saturated carbocycles. The van der Waals surface area contributed by atoms with Gasteiger partial charge < -0.3 is 20.5 Å². The van der Waals surface area contributed by atoms with Gasteiger partial charge in [-0.1, -0.05) is 0 Å². The highest BCUT2D eigenvalue weighted by Gasteiger charge is 2.25. The predicted molar refractivity (Wildman–Crippen MR) is 61.7 cm³/mol. The number of nitrogens with zero attached hydrogens (tertiary/aromatic N) is 3. The van der Waals surface area contributed by atoms with Gasteiger partial charge in [-0.25, -0.2) is 0 Å². The second-order valence-electron chi connectivity index (χ2n) is 4.50. The maximum absolute atomic E-state index is 10.7. The molecule has 1 aliphatic carbocycles. The Morgan fingerprint density at radius 3 is 3.06 bits per heavy atom. The van der Waals surface area contributed by atoms with Crippen LogP contribution in [0.15, 0.2) is 6.33 Å². The van der Waals surface area contributed by atoms with Gasteiger partial charge in [0, 0.05) is 13.6 Å². The number of nitro groups is 1. The first-order chi connectivity index (χ1) is 8.08. The number of hydrogen-bond acceptors (Lipinski definition) is 5. The van der Waals surface area contributed by atoms with Crippen molar-refractivity contribution < 1.29 is 10.0 Å². The summed E-state index contributed by atoms with van der Waals surface area (Å²) in [6, 6.07) is 0. The number of aliphatic hydroxyl groups is 1. The fourth-order valence-electron chi connectivity index (χ4n) is 2.23. The average Bonchev–Trinajstić information content (AvgIpc) is 2.82. The lowest BCUT2D eigenvalue weighted by molar-refractivity contribution is -0.388. The van der Waals surface area contributed by atoms with Gasteiger partial charge in [0.05, 0.1) is 6.10 Å². The molecule has 2 atom stereocenters. The summed E-state index contributed by atoms with van der Waals surface area (Å²) < 4.78 is 1.60. The van der Waals surface area contributed by atoms with Crippen molar-refractivity contribution in [1.82, 2.24) is 9.55 Å². The van der Waals surface area contributed by atoms with Crippen LogP contribution in [0.25, 0.3) is 0 Å². The van der Waals surface area contributed by atoms with E-state index in [1.54, 1.807) is 11.6 Å². The molecule has 7 heteroatoms. The van der Waals surface area contributed by atoms with Crippen molar-refractivity contribution in [2.45, 2.75) is 25.4 Å². The zero-order valence-corrected chi connectivity index (χ0v) is 9.67. The van der Waals surface area contributed by atoms with Crippen LogP contribution >= 0.6 is 0 Å². The minimum Gasteiger partial charge on any atom is -0.393 e. The molecule has 2 unspecified atom stereocenters. The van der Waals surface area contributed by atoms with E-state index in [2.05, 4.69) is 10.3 Å². The monoisotopic (exact) mass is 240 g/mol. The van der Waals surface area contributed by atoms with Crippen LogP contribution in [0.5, 0.6) is 0 Å². The summed E-state index contributed by atoms with van der Waals surface area (Å²) in [5.74, 6) is 0.655. The quantitative estimate of drug-likeness (QED) is 0.602. The third-order valence-corrected chi connectivity index (χ3v) is 3.16. The topological polar surface area (TPSA) is 93.2 Å². The van der Waals surface area contributed by atoms with Crippen LogP contribution in [0.3, 0.4) is 0 Å². The highest BCUT2D eigenvalue weighted by Crippen LogP contribution is 2.27. The first kappa shape index (κ1) is 11.8. The molecule has 0 bridgehead atoms. The molecule has 1 aliphatic rings. The van der Waals surface area contributed by atoms with Gasteiger partial charge >= 0.3 is 5.82 Å². The Morgan fingerprint density at radius 1 is 1.71 bits per heavy atom. The Hall–Kier alpha value is -1.63. The van der Waals surface area contributed by atoms with Crippen LogP contribution < -0.4 is 5.32 Å². The normalized spacial score (nSPS) is 23.9. The van der Waals surface area contributed by atoms with Gasteiger partial charge in [0.1, 0.15) is 0 Å². The van der Waals surface area contributed by atoms with Crippen LogP contribution in [0.1, 0.15) is 19.3 Å². The average molecular weight is 240 g/mol. The molecular weight excluding hydrogens is 224 g/mol. The minimum atomic E-state index is -0.494. The number of aliphatic hydroxyl groups excluding tert-OH is 1. The maximum Gasteiger partial charge on any atom is 0.406 e. The van der Waals surface area contributed by atoms with Crippen LogP contribution in [0.4, 0.5) is 11.6 Å². The standard InChI is InChI=1S/C10H16N4O3/c1-13-6-12-10(14(16)17)9(13)11-5-7-2-3-8(15)4-7/h6-8,11,15H,2-5H2,1H3. The van der Waals surface area contributed by atoms with Gasteiger partial charge in [-0.2, -0.15) is 0 Å². The molecule has 1 aromatic rings. The molecule has 2 rings (SSSR count). The Balaban J connectivity index is 1.99. The number of aryl methyl sites for hydroxylation is 1. The summed E-state index contributed by atoms with van der Waals surface area (Å²) >= 11 is 0. The molecule has 0 saturated heterocycles. The van der Waals surface area contributed by atoms with E-state index in [9.17, 15) is 15.2 Å². The lowest BCUT2D eigenvalue weighted by Gasteiger charge is -2.11. The van der Waals surface area contributed by atoms with Crippen molar-refractivity contribution in [3.8, 4) is 0 Å². The van der Waals surface area contributed by atoms with Gasteiger partial charge in [0.2, 0.25) is 12.1 Å². The minimum absolute atomic E-state index is 0.147. The van der Waals surface area contributed by atoms with Crippen LogP contribution in [0, 0.1) is 16.0 Å². The number of hydrogen-bond donors (Lipinski definition) is 2. The Morgan fingerprint density at radius 2 is 2.47 bits per heavy atom. The fraction of sp³-hybridized carbons (Fsp3) is 0.700. The van der Waals surface area contributed by atoms with Crippen molar-refractivity contribution in [2.75, 3.05) is 11.9 Å². The predicted octanol–water partition coefficient (Wildman–Crippen LogP) is 0.901. The van der Waals surface area contributed by atoms with Gasteiger partial charge in [0.15, 0.2) is 0 Å². The van der Waals surface area contributed by atoms with E-state index in [1.165, 1.54) is 6.33 Å². The zero-order chi connectivity index (χ0) is 12.4. The molecule has 1 fully saturated rings. The van der Waals surface area contributed by atoms with E-state index in [-0.39, 0.29) is 11.9 Å². The van der Waals surface area contributed by atoms with Crippen LogP contribution in [0.2, 0.25) is 0 Å². The summed E-state index contributed by atoms with van der Waals surface area (Å²) in [6.07, 6.45) is 3.74. The number of rotatable bonds is 4. The Labute approximate surface area is 98.6 Å². The fourth-order valence-corrected chi connectivity index (χ4v) is 2.23. The van der Waals surface area contributed by atoms with Gasteiger partial charge in [-0.05, 0) is 35.1 Å². The summed E-state index contributed by atoms with van der Waals surface area (Å²) in [6.45, 7) is 0.636. The second-order valence-corrected chi connectivity index (χ2v) is 4.50. The van der Waals surface area contributed by atoms with E-state index in [0.29, 0.717) is 18.3 Å². The highest BCUT2D eigenvalue weighted by molar-refractivity contribution is 5.51. The smallest absolute Gasteiger partial charge is 0.393 e. The van der Waals surface area contributed by atoms with Crippen molar-refractivity contribution in [3.05, 3.63) is 16.4 Å². The largest absolute Gasteiger partial charge is 0.406 e. The molecule has 7 nitrogen and oxygen atoms in total. The Kier molecular flexibility index (Phi) is 3.28. The van der Waals surface area contributed by atoms with E-state index in [1.807, 2.05) is 0 Å². The molecule has 0 amide bonds. The second kappa shape index (κ2) is 4.70. The molecule has 0 aliphatic heterocycles. The van der Waals surface area contributed by atoms with Crippen LogP contribution in [-0.4, -0.2) is 32.2 Å². The maximum atomic E-state index is 10.7. The van der Waals surface area contributed by atoms with Crippen molar-refractivity contribution in [3.63, 3.8) is 0 Å².